The van der Waals surface area contributed by atoms with Gasteiger partial charge in [0.2, 0.25) is 5.82 Å². The molecule has 1 heterocycles. The van der Waals surface area contributed by atoms with Gasteiger partial charge in [0.05, 0.1) is 22.0 Å². The van der Waals surface area contributed by atoms with Gasteiger partial charge in [0.1, 0.15) is 0 Å². The Hall–Kier alpha value is -1.86. The summed E-state index contributed by atoms with van der Waals surface area (Å²) in [4.78, 5) is 25.2. The molecule has 0 fully saturated rings. The van der Waals surface area contributed by atoms with Gasteiger partial charge in [-0.3, -0.25) is 9.59 Å². The molecule has 5 nitrogen and oxygen atoms in total. The number of hydrogen-bond donors (Lipinski definition) is 3. The number of carbonyl (C=O) groups excluding carboxylic acids is 1. The summed E-state index contributed by atoms with van der Waals surface area (Å²) in [6, 6.07) is 4.84. The Balaban J connectivity index is 2.63. The fourth-order valence-corrected chi connectivity index (χ4v) is 2.57. The quantitative estimate of drug-likeness (QED) is 0.771. The molecular formula is C13H10BrClFN3O2. The molecule has 0 spiro atoms. The van der Waals surface area contributed by atoms with Crippen LogP contribution in [0.4, 0.5) is 15.8 Å². The maximum absolute atomic E-state index is 14.0. The van der Waals surface area contributed by atoms with E-state index in [1.54, 1.807) is 18.2 Å². The Labute approximate surface area is 132 Å². The van der Waals surface area contributed by atoms with Crippen LogP contribution in [0.2, 0.25) is 5.02 Å². The number of halogens is 3. The zero-order chi connectivity index (χ0) is 15.7. The maximum Gasteiger partial charge on any atom is 0.286 e. The van der Waals surface area contributed by atoms with Crippen molar-refractivity contribution >= 4 is 44.8 Å². The highest BCUT2D eigenvalue weighted by Crippen LogP contribution is 2.30. The standard InChI is InChI=1S/C13H10BrClFN3O2/c1-5-9(12(17)20)11(10(16)13(21)18-5)19-8-3-2-6(14)4-7(8)15/h2-4H,1H3,(H2,17,20)(H2,18,19,21). The number of rotatable bonds is 3. The molecule has 1 amide bonds. The Kier molecular flexibility index (Phi) is 4.34. The van der Waals surface area contributed by atoms with E-state index in [1.165, 1.54) is 6.92 Å². The minimum Gasteiger partial charge on any atom is -0.365 e. The first-order chi connectivity index (χ1) is 9.81. The van der Waals surface area contributed by atoms with E-state index in [9.17, 15) is 14.0 Å². The molecule has 0 aliphatic carbocycles. The topological polar surface area (TPSA) is 88.0 Å². The summed E-state index contributed by atoms with van der Waals surface area (Å²) in [6.07, 6.45) is 0. The van der Waals surface area contributed by atoms with Gasteiger partial charge in [-0.05, 0) is 25.1 Å². The van der Waals surface area contributed by atoms with Crippen LogP contribution >= 0.6 is 27.5 Å². The second-order valence-corrected chi connectivity index (χ2v) is 5.58. The number of aryl methyl sites for hydroxylation is 1. The van der Waals surface area contributed by atoms with Crippen molar-refractivity contribution in [2.45, 2.75) is 6.92 Å². The number of amides is 1. The van der Waals surface area contributed by atoms with Crippen LogP contribution in [0.15, 0.2) is 27.5 Å². The molecule has 0 saturated heterocycles. The van der Waals surface area contributed by atoms with Gasteiger partial charge in [0.15, 0.2) is 0 Å². The molecule has 1 aromatic heterocycles. The molecule has 4 N–H and O–H groups in total. The second kappa shape index (κ2) is 5.87. The lowest BCUT2D eigenvalue weighted by Crippen LogP contribution is -2.23. The second-order valence-electron chi connectivity index (χ2n) is 4.26. The number of pyridine rings is 1. The van der Waals surface area contributed by atoms with E-state index >= 15 is 0 Å². The van der Waals surface area contributed by atoms with Crippen LogP contribution in [0, 0.1) is 12.7 Å². The van der Waals surface area contributed by atoms with Crippen molar-refractivity contribution < 1.29 is 9.18 Å². The normalized spacial score (nSPS) is 10.5. The Morgan fingerprint density at radius 1 is 1.48 bits per heavy atom. The molecule has 1 aromatic carbocycles. The minimum atomic E-state index is -1.13. The third kappa shape index (κ3) is 3.08. The van der Waals surface area contributed by atoms with E-state index in [2.05, 4.69) is 26.2 Å². The highest BCUT2D eigenvalue weighted by molar-refractivity contribution is 9.10. The number of carbonyl (C=O) groups is 1. The molecule has 21 heavy (non-hydrogen) atoms. The van der Waals surface area contributed by atoms with E-state index in [0.717, 1.165) is 4.47 Å². The first-order valence-electron chi connectivity index (χ1n) is 5.75. The summed E-state index contributed by atoms with van der Waals surface area (Å²) in [6.45, 7) is 1.45. The lowest BCUT2D eigenvalue weighted by atomic mass is 10.1. The van der Waals surface area contributed by atoms with E-state index < -0.39 is 17.3 Å². The van der Waals surface area contributed by atoms with E-state index in [-0.39, 0.29) is 22.0 Å². The van der Waals surface area contributed by atoms with Gasteiger partial charge in [-0.25, -0.2) is 0 Å². The van der Waals surface area contributed by atoms with Gasteiger partial charge in [-0.1, -0.05) is 27.5 Å². The molecular weight excluding hydrogens is 365 g/mol. The first-order valence-corrected chi connectivity index (χ1v) is 6.92. The van der Waals surface area contributed by atoms with Crippen molar-refractivity contribution in [1.29, 1.82) is 0 Å². The van der Waals surface area contributed by atoms with Crippen LogP contribution in [0.5, 0.6) is 0 Å². The molecule has 0 bridgehead atoms. The van der Waals surface area contributed by atoms with E-state index in [1.807, 2.05) is 0 Å². The van der Waals surface area contributed by atoms with Gasteiger partial charge < -0.3 is 16.0 Å². The SMILES string of the molecule is Cc1[nH]c(=O)c(F)c(Nc2ccc(Br)cc2Cl)c1C(N)=O. The van der Waals surface area contributed by atoms with Gasteiger partial charge in [-0.15, -0.1) is 0 Å². The van der Waals surface area contributed by atoms with Gasteiger partial charge in [0, 0.05) is 10.2 Å². The minimum absolute atomic E-state index is 0.133. The van der Waals surface area contributed by atoms with Crippen molar-refractivity contribution in [2.75, 3.05) is 5.32 Å². The number of aromatic amines is 1. The third-order valence-electron chi connectivity index (χ3n) is 2.78. The molecule has 0 atom stereocenters. The molecule has 0 aliphatic rings. The van der Waals surface area contributed by atoms with Gasteiger partial charge in [-0.2, -0.15) is 4.39 Å². The van der Waals surface area contributed by atoms with Crippen LogP contribution in [0.1, 0.15) is 16.1 Å². The van der Waals surface area contributed by atoms with Crippen LogP contribution in [0.25, 0.3) is 0 Å². The summed E-state index contributed by atoms with van der Waals surface area (Å²) in [5.74, 6) is -1.99. The van der Waals surface area contributed by atoms with E-state index in [4.69, 9.17) is 17.3 Å². The van der Waals surface area contributed by atoms with Gasteiger partial charge >= 0.3 is 0 Å². The summed E-state index contributed by atoms with van der Waals surface area (Å²) >= 11 is 9.27. The highest BCUT2D eigenvalue weighted by Gasteiger charge is 2.20. The number of aromatic nitrogens is 1. The molecule has 2 rings (SSSR count). The lowest BCUT2D eigenvalue weighted by Gasteiger charge is -2.14. The first kappa shape index (κ1) is 15.5. The van der Waals surface area contributed by atoms with Crippen LogP contribution in [0.3, 0.4) is 0 Å². The molecule has 0 unspecified atom stereocenters. The molecule has 110 valence electrons. The molecule has 0 saturated carbocycles. The average Bonchev–Trinajstić information content (AvgIpc) is 2.38. The lowest BCUT2D eigenvalue weighted by molar-refractivity contribution is 0.0999. The third-order valence-corrected chi connectivity index (χ3v) is 3.59. The number of hydrogen-bond acceptors (Lipinski definition) is 3. The molecule has 0 aliphatic heterocycles. The molecule has 0 radical (unpaired) electrons. The molecule has 2 aromatic rings. The summed E-state index contributed by atoms with van der Waals surface area (Å²) < 4.78 is 14.8. The number of H-pyrrole nitrogens is 1. The van der Waals surface area contributed by atoms with Crippen molar-refractivity contribution in [3.8, 4) is 0 Å². The highest BCUT2D eigenvalue weighted by atomic mass is 79.9. The zero-order valence-corrected chi connectivity index (χ0v) is 13.1. The smallest absolute Gasteiger partial charge is 0.286 e. The van der Waals surface area contributed by atoms with Crippen molar-refractivity contribution in [2.24, 2.45) is 5.73 Å². The van der Waals surface area contributed by atoms with E-state index in [0.29, 0.717) is 5.69 Å². The number of primary amides is 1. The van der Waals surface area contributed by atoms with Crippen molar-refractivity contribution in [3.05, 3.63) is 55.1 Å². The number of nitrogens with one attached hydrogen (secondary N) is 2. The Bertz CT molecular complexity index is 792. The molecule has 8 heteroatoms. The number of anilines is 2. The summed E-state index contributed by atoms with van der Waals surface area (Å²) in [5, 5.41) is 2.94. The average molecular weight is 375 g/mol. The Morgan fingerprint density at radius 2 is 2.14 bits per heavy atom. The predicted octanol–water partition coefficient (Wildman–Crippen LogP) is 3.08. The van der Waals surface area contributed by atoms with Crippen LogP contribution < -0.4 is 16.6 Å². The van der Waals surface area contributed by atoms with Crippen molar-refractivity contribution in [1.82, 2.24) is 4.98 Å². The number of nitrogens with two attached hydrogens (primary N) is 1. The number of benzene rings is 1. The fraction of sp³-hybridized carbons (Fsp3) is 0.0769. The summed E-state index contributed by atoms with van der Waals surface area (Å²) in [7, 11) is 0. The Morgan fingerprint density at radius 3 is 2.71 bits per heavy atom. The zero-order valence-electron chi connectivity index (χ0n) is 10.8. The van der Waals surface area contributed by atoms with Crippen LogP contribution in [-0.2, 0) is 0 Å². The predicted molar refractivity (Wildman–Crippen MR) is 82.7 cm³/mol. The fourth-order valence-electron chi connectivity index (χ4n) is 1.85. The van der Waals surface area contributed by atoms with Gasteiger partial charge in [0.25, 0.3) is 11.5 Å². The summed E-state index contributed by atoms with van der Waals surface area (Å²) in [5.41, 5.74) is 4.37. The monoisotopic (exact) mass is 373 g/mol. The largest absolute Gasteiger partial charge is 0.365 e. The van der Waals surface area contributed by atoms with Crippen LogP contribution in [-0.4, -0.2) is 10.9 Å². The van der Waals surface area contributed by atoms with Crippen molar-refractivity contribution in [3.63, 3.8) is 0 Å². The maximum atomic E-state index is 14.0.